The lowest BCUT2D eigenvalue weighted by atomic mass is 10.1. The van der Waals surface area contributed by atoms with E-state index in [0.29, 0.717) is 6.04 Å². The highest BCUT2D eigenvalue weighted by atomic mass is 16.5. The number of nitrogens with zero attached hydrogens (tertiary/aromatic N) is 1. The molecule has 0 aromatic heterocycles. The van der Waals surface area contributed by atoms with Crippen LogP contribution in [0.5, 0.6) is 0 Å². The van der Waals surface area contributed by atoms with Gasteiger partial charge in [-0.3, -0.25) is 4.90 Å². The normalized spacial score (nSPS) is 15.2. The van der Waals surface area contributed by atoms with Gasteiger partial charge in [-0.2, -0.15) is 0 Å². The number of ether oxygens (including phenoxy) is 1. The van der Waals surface area contributed by atoms with E-state index in [1.807, 2.05) is 0 Å². The summed E-state index contributed by atoms with van der Waals surface area (Å²) in [6.07, 6.45) is 5.86. The maximum Gasteiger partial charge on any atom is 0.0462 e. The molecule has 104 valence electrons. The number of hydrogen-bond acceptors (Lipinski definition) is 3. The standard InChI is InChI=1S/C14H32N2O/c1-5-7-10-16(13(3)6-2)12-14(15)9-8-11-17-4/h13-14H,5-12,15H2,1-4H3. The lowest BCUT2D eigenvalue weighted by Gasteiger charge is -2.30. The third-order valence-electron chi connectivity index (χ3n) is 3.41. The number of rotatable bonds is 11. The lowest BCUT2D eigenvalue weighted by molar-refractivity contribution is 0.169. The second-order valence-electron chi connectivity index (χ2n) is 5.00. The van der Waals surface area contributed by atoms with Crippen molar-refractivity contribution in [1.82, 2.24) is 4.90 Å². The smallest absolute Gasteiger partial charge is 0.0462 e. The largest absolute Gasteiger partial charge is 0.385 e. The van der Waals surface area contributed by atoms with E-state index >= 15 is 0 Å². The molecule has 0 saturated carbocycles. The van der Waals surface area contributed by atoms with Crippen molar-refractivity contribution >= 4 is 0 Å². The zero-order valence-corrected chi connectivity index (χ0v) is 12.2. The summed E-state index contributed by atoms with van der Waals surface area (Å²) < 4.78 is 5.06. The second kappa shape index (κ2) is 11.0. The first-order chi connectivity index (χ1) is 8.15. The molecule has 0 aliphatic rings. The van der Waals surface area contributed by atoms with E-state index in [0.717, 1.165) is 26.0 Å². The molecule has 0 aliphatic heterocycles. The SMILES string of the molecule is CCCCN(CC(N)CCCOC)C(C)CC. The first kappa shape index (κ1) is 16.9. The highest BCUT2D eigenvalue weighted by molar-refractivity contribution is 4.72. The van der Waals surface area contributed by atoms with Crippen LogP contribution in [0, 0.1) is 0 Å². The number of nitrogens with two attached hydrogens (primary N) is 1. The molecule has 0 heterocycles. The average molecular weight is 244 g/mol. The fraction of sp³-hybridized carbons (Fsp3) is 1.00. The Morgan fingerprint density at radius 1 is 1.24 bits per heavy atom. The summed E-state index contributed by atoms with van der Waals surface area (Å²) in [5, 5.41) is 0. The minimum absolute atomic E-state index is 0.288. The predicted octanol–water partition coefficient (Wildman–Crippen LogP) is 2.64. The fourth-order valence-corrected chi connectivity index (χ4v) is 1.99. The summed E-state index contributed by atoms with van der Waals surface area (Å²) in [4.78, 5) is 2.54. The molecule has 0 bridgehead atoms. The van der Waals surface area contributed by atoms with Crippen molar-refractivity contribution in [3.63, 3.8) is 0 Å². The van der Waals surface area contributed by atoms with E-state index in [1.165, 1.54) is 25.8 Å². The summed E-state index contributed by atoms with van der Waals surface area (Å²) >= 11 is 0. The van der Waals surface area contributed by atoms with Gasteiger partial charge in [0.25, 0.3) is 0 Å². The number of hydrogen-bond donors (Lipinski definition) is 1. The molecule has 0 aliphatic carbocycles. The molecule has 0 aromatic carbocycles. The van der Waals surface area contributed by atoms with Crippen LogP contribution in [0.25, 0.3) is 0 Å². The molecule has 0 aromatic rings. The van der Waals surface area contributed by atoms with Crippen molar-refractivity contribution in [1.29, 1.82) is 0 Å². The third-order valence-corrected chi connectivity index (χ3v) is 3.41. The van der Waals surface area contributed by atoms with Crippen LogP contribution < -0.4 is 5.73 Å². The van der Waals surface area contributed by atoms with Crippen LogP contribution in [-0.2, 0) is 4.74 Å². The van der Waals surface area contributed by atoms with E-state index in [-0.39, 0.29) is 6.04 Å². The van der Waals surface area contributed by atoms with Crippen molar-refractivity contribution in [2.75, 3.05) is 26.8 Å². The highest BCUT2D eigenvalue weighted by Crippen LogP contribution is 2.08. The molecular formula is C14H32N2O. The molecule has 0 radical (unpaired) electrons. The topological polar surface area (TPSA) is 38.5 Å². The monoisotopic (exact) mass is 244 g/mol. The van der Waals surface area contributed by atoms with Gasteiger partial charge >= 0.3 is 0 Å². The second-order valence-corrected chi connectivity index (χ2v) is 5.00. The Balaban J connectivity index is 3.94. The Bertz CT molecular complexity index is 164. The third kappa shape index (κ3) is 8.58. The zero-order chi connectivity index (χ0) is 13.1. The molecular weight excluding hydrogens is 212 g/mol. The molecule has 3 heteroatoms. The Morgan fingerprint density at radius 2 is 1.94 bits per heavy atom. The summed E-state index contributed by atoms with van der Waals surface area (Å²) in [6.45, 7) is 9.83. The maximum atomic E-state index is 6.18. The Hall–Kier alpha value is -0.120. The van der Waals surface area contributed by atoms with Crippen LogP contribution in [0.1, 0.15) is 52.9 Å². The average Bonchev–Trinajstić information content (AvgIpc) is 2.33. The first-order valence-electron chi connectivity index (χ1n) is 7.14. The van der Waals surface area contributed by atoms with E-state index in [9.17, 15) is 0 Å². The van der Waals surface area contributed by atoms with Gasteiger partial charge in [0.15, 0.2) is 0 Å². The van der Waals surface area contributed by atoms with Gasteiger partial charge in [-0.15, -0.1) is 0 Å². The van der Waals surface area contributed by atoms with Crippen LogP contribution in [0.2, 0.25) is 0 Å². The summed E-state index contributed by atoms with van der Waals surface area (Å²) in [7, 11) is 1.75. The van der Waals surface area contributed by atoms with Gasteiger partial charge in [-0.05, 0) is 39.2 Å². The van der Waals surface area contributed by atoms with E-state index in [1.54, 1.807) is 7.11 Å². The molecule has 3 nitrogen and oxygen atoms in total. The minimum atomic E-state index is 0.288. The summed E-state index contributed by atoms with van der Waals surface area (Å²) in [5.74, 6) is 0. The van der Waals surface area contributed by atoms with E-state index in [4.69, 9.17) is 10.5 Å². The molecule has 2 unspecified atom stereocenters. The molecule has 0 rings (SSSR count). The van der Waals surface area contributed by atoms with Gasteiger partial charge in [0.1, 0.15) is 0 Å². The molecule has 0 amide bonds. The fourth-order valence-electron chi connectivity index (χ4n) is 1.99. The zero-order valence-electron chi connectivity index (χ0n) is 12.2. The number of unbranched alkanes of at least 4 members (excludes halogenated alkanes) is 1. The van der Waals surface area contributed by atoms with Crippen LogP contribution in [0.15, 0.2) is 0 Å². The van der Waals surface area contributed by atoms with E-state index in [2.05, 4.69) is 25.7 Å². The summed E-state index contributed by atoms with van der Waals surface area (Å²) in [5.41, 5.74) is 6.18. The Labute approximate surface area is 108 Å². The van der Waals surface area contributed by atoms with Crippen molar-refractivity contribution < 1.29 is 4.74 Å². The van der Waals surface area contributed by atoms with Gasteiger partial charge in [0.05, 0.1) is 0 Å². The van der Waals surface area contributed by atoms with Gasteiger partial charge in [0.2, 0.25) is 0 Å². The highest BCUT2D eigenvalue weighted by Gasteiger charge is 2.14. The quantitative estimate of drug-likeness (QED) is 0.568. The molecule has 0 saturated heterocycles. The lowest BCUT2D eigenvalue weighted by Crippen LogP contribution is -2.42. The molecule has 0 fully saturated rings. The molecule has 17 heavy (non-hydrogen) atoms. The first-order valence-corrected chi connectivity index (χ1v) is 7.14. The van der Waals surface area contributed by atoms with Crippen molar-refractivity contribution in [2.24, 2.45) is 5.73 Å². The molecule has 0 spiro atoms. The Kier molecular flexibility index (Phi) is 10.9. The van der Waals surface area contributed by atoms with Gasteiger partial charge in [0, 0.05) is 32.3 Å². The van der Waals surface area contributed by atoms with Crippen molar-refractivity contribution in [2.45, 2.75) is 65.0 Å². The van der Waals surface area contributed by atoms with Crippen LogP contribution in [-0.4, -0.2) is 43.8 Å². The van der Waals surface area contributed by atoms with E-state index < -0.39 is 0 Å². The number of methoxy groups -OCH3 is 1. The van der Waals surface area contributed by atoms with Crippen molar-refractivity contribution in [3.05, 3.63) is 0 Å². The maximum absolute atomic E-state index is 6.18. The minimum Gasteiger partial charge on any atom is -0.385 e. The van der Waals surface area contributed by atoms with Gasteiger partial charge in [-0.25, -0.2) is 0 Å². The van der Waals surface area contributed by atoms with Crippen LogP contribution in [0.3, 0.4) is 0 Å². The predicted molar refractivity (Wildman–Crippen MR) is 75.3 cm³/mol. The van der Waals surface area contributed by atoms with Gasteiger partial charge < -0.3 is 10.5 Å². The van der Waals surface area contributed by atoms with Gasteiger partial charge in [-0.1, -0.05) is 20.3 Å². The van der Waals surface area contributed by atoms with Crippen molar-refractivity contribution in [3.8, 4) is 0 Å². The van der Waals surface area contributed by atoms with Crippen LogP contribution in [0.4, 0.5) is 0 Å². The Morgan fingerprint density at radius 3 is 2.47 bits per heavy atom. The molecule has 2 atom stereocenters. The van der Waals surface area contributed by atoms with Crippen LogP contribution >= 0.6 is 0 Å². The molecule has 2 N–H and O–H groups in total. The summed E-state index contributed by atoms with van der Waals surface area (Å²) in [6, 6.07) is 0.936.